The summed E-state index contributed by atoms with van der Waals surface area (Å²) in [6.07, 6.45) is 7.44. The lowest BCUT2D eigenvalue weighted by atomic mass is 10.1. The number of benzene rings is 1. The molecule has 0 aliphatic rings. The van der Waals surface area contributed by atoms with Crippen molar-refractivity contribution in [2.45, 2.75) is 30.6 Å². The molecular weight excluding hydrogens is 396 g/mol. The average Bonchev–Trinajstić information content (AvgIpc) is 3.21. The molecule has 0 amide bonds. The largest absolute Gasteiger partial charge is 0.469 e. The fraction of sp³-hybridized carbons (Fsp3) is 0.286. The summed E-state index contributed by atoms with van der Waals surface area (Å²) in [5, 5.41) is 0.691. The molecule has 0 N–H and O–H groups in total. The van der Waals surface area contributed by atoms with Gasteiger partial charge in [-0.1, -0.05) is 23.7 Å². The van der Waals surface area contributed by atoms with E-state index < -0.39 is 10.0 Å². The minimum atomic E-state index is -3.59. The molecule has 1 aromatic carbocycles. The van der Waals surface area contributed by atoms with Gasteiger partial charge in [-0.2, -0.15) is 4.31 Å². The molecule has 2 heterocycles. The summed E-state index contributed by atoms with van der Waals surface area (Å²) in [5.41, 5.74) is 1.10. The highest BCUT2D eigenvalue weighted by Gasteiger charge is 2.24. The third-order valence-corrected chi connectivity index (χ3v) is 6.56. The van der Waals surface area contributed by atoms with Crippen LogP contribution in [0.2, 0.25) is 5.02 Å². The van der Waals surface area contributed by atoms with Crippen molar-refractivity contribution in [2.75, 3.05) is 13.1 Å². The Labute approximate surface area is 171 Å². The van der Waals surface area contributed by atoms with Gasteiger partial charge in [-0.25, -0.2) is 8.42 Å². The minimum Gasteiger partial charge on any atom is -0.469 e. The molecule has 0 spiro atoms. The number of furan rings is 1. The molecule has 0 saturated carbocycles. The van der Waals surface area contributed by atoms with Crippen molar-refractivity contribution in [1.82, 2.24) is 9.29 Å². The van der Waals surface area contributed by atoms with Gasteiger partial charge in [0.1, 0.15) is 10.7 Å². The van der Waals surface area contributed by atoms with Gasteiger partial charge in [0.25, 0.3) is 0 Å². The van der Waals surface area contributed by atoms with E-state index >= 15 is 0 Å². The molecule has 0 aliphatic heterocycles. The van der Waals surface area contributed by atoms with Gasteiger partial charge in [-0.3, -0.25) is 4.98 Å². The highest BCUT2D eigenvalue weighted by molar-refractivity contribution is 7.89. The number of aromatic nitrogens is 1. The van der Waals surface area contributed by atoms with Gasteiger partial charge in [0.2, 0.25) is 10.0 Å². The minimum absolute atomic E-state index is 0.218. The zero-order valence-corrected chi connectivity index (χ0v) is 17.1. The fourth-order valence-corrected chi connectivity index (χ4v) is 4.73. The van der Waals surface area contributed by atoms with E-state index in [0.717, 1.165) is 17.7 Å². The van der Waals surface area contributed by atoms with Gasteiger partial charge < -0.3 is 4.42 Å². The van der Waals surface area contributed by atoms with Crippen LogP contribution in [0, 0.1) is 0 Å². The lowest BCUT2D eigenvalue weighted by molar-refractivity contribution is 0.390. The average molecular weight is 419 g/mol. The fourth-order valence-electron chi connectivity index (χ4n) is 3.04. The quantitative estimate of drug-likeness (QED) is 0.483. The molecule has 0 saturated heterocycles. The lowest BCUT2D eigenvalue weighted by Gasteiger charge is -2.22. The van der Waals surface area contributed by atoms with Crippen molar-refractivity contribution >= 4 is 21.6 Å². The normalized spacial score (nSPS) is 11.8. The Morgan fingerprint density at radius 3 is 2.50 bits per heavy atom. The molecule has 3 aromatic rings. The molecule has 28 heavy (non-hydrogen) atoms. The Morgan fingerprint density at radius 1 is 1.00 bits per heavy atom. The van der Waals surface area contributed by atoms with Crippen molar-refractivity contribution in [3.05, 3.63) is 83.5 Å². The Kier molecular flexibility index (Phi) is 7.25. The van der Waals surface area contributed by atoms with Crippen LogP contribution < -0.4 is 0 Å². The number of sulfonamides is 1. The summed E-state index contributed by atoms with van der Waals surface area (Å²) < 4.78 is 33.0. The lowest BCUT2D eigenvalue weighted by Crippen LogP contribution is -2.33. The van der Waals surface area contributed by atoms with Crippen LogP contribution >= 0.6 is 11.6 Å². The zero-order chi connectivity index (χ0) is 19.8. The van der Waals surface area contributed by atoms with Crippen LogP contribution in [-0.2, 0) is 22.9 Å². The van der Waals surface area contributed by atoms with Crippen molar-refractivity contribution in [3.8, 4) is 0 Å². The first-order valence-corrected chi connectivity index (χ1v) is 11.0. The van der Waals surface area contributed by atoms with Gasteiger partial charge in [-0.05, 0) is 61.2 Å². The second-order valence-corrected chi connectivity index (χ2v) is 8.88. The zero-order valence-electron chi connectivity index (χ0n) is 15.5. The van der Waals surface area contributed by atoms with E-state index in [1.165, 1.54) is 10.5 Å². The van der Waals surface area contributed by atoms with Crippen LogP contribution in [0.5, 0.6) is 0 Å². The first-order chi connectivity index (χ1) is 13.6. The summed E-state index contributed by atoms with van der Waals surface area (Å²) in [7, 11) is -3.59. The van der Waals surface area contributed by atoms with Crippen LogP contribution in [0.15, 0.2) is 76.5 Å². The van der Waals surface area contributed by atoms with Crippen molar-refractivity contribution in [2.24, 2.45) is 0 Å². The molecule has 0 fully saturated rings. The Balaban J connectivity index is 1.66. The first kappa shape index (κ1) is 20.6. The van der Waals surface area contributed by atoms with E-state index in [0.29, 0.717) is 37.4 Å². The van der Waals surface area contributed by atoms with Gasteiger partial charge in [0, 0.05) is 36.9 Å². The molecular formula is C21H23ClN2O3S. The number of hydrogen-bond donors (Lipinski definition) is 0. The summed E-state index contributed by atoms with van der Waals surface area (Å²) in [5.74, 6) is 0.859. The van der Waals surface area contributed by atoms with Crippen LogP contribution in [0.3, 0.4) is 0 Å². The molecule has 0 aliphatic carbocycles. The van der Waals surface area contributed by atoms with Crippen LogP contribution in [0.4, 0.5) is 0 Å². The first-order valence-electron chi connectivity index (χ1n) is 9.23. The summed E-state index contributed by atoms with van der Waals surface area (Å²) in [6, 6.07) is 14.6. The maximum absolute atomic E-state index is 13.1. The van der Waals surface area contributed by atoms with E-state index in [4.69, 9.17) is 16.0 Å². The Morgan fingerprint density at radius 2 is 1.82 bits per heavy atom. The molecule has 5 nitrogen and oxygen atoms in total. The molecule has 0 unspecified atom stereocenters. The predicted molar refractivity (Wildman–Crippen MR) is 110 cm³/mol. The van der Waals surface area contributed by atoms with E-state index in [-0.39, 0.29) is 4.90 Å². The number of aryl methyl sites for hydroxylation is 2. The summed E-state index contributed by atoms with van der Waals surface area (Å²) >= 11 is 6.03. The highest BCUT2D eigenvalue weighted by Crippen LogP contribution is 2.18. The topological polar surface area (TPSA) is 63.4 Å². The third kappa shape index (κ3) is 5.67. The van der Waals surface area contributed by atoms with Gasteiger partial charge in [-0.15, -0.1) is 0 Å². The second-order valence-electron chi connectivity index (χ2n) is 6.51. The van der Waals surface area contributed by atoms with E-state index in [1.54, 1.807) is 24.6 Å². The second kappa shape index (κ2) is 9.87. The van der Waals surface area contributed by atoms with Crippen molar-refractivity contribution < 1.29 is 12.8 Å². The van der Waals surface area contributed by atoms with E-state index in [2.05, 4.69) is 4.98 Å². The Hall–Kier alpha value is -2.15. The molecule has 7 heteroatoms. The monoisotopic (exact) mass is 418 g/mol. The summed E-state index contributed by atoms with van der Waals surface area (Å²) in [4.78, 5) is 4.17. The van der Waals surface area contributed by atoms with E-state index in [1.807, 2.05) is 36.4 Å². The smallest absolute Gasteiger partial charge is 0.244 e. The van der Waals surface area contributed by atoms with Crippen molar-refractivity contribution in [3.63, 3.8) is 0 Å². The van der Waals surface area contributed by atoms with Gasteiger partial charge >= 0.3 is 0 Å². The summed E-state index contributed by atoms with van der Waals surface area (Å²) in [6.45, 7) is 0.857. The standard InChI is InChI=1S/C21H23ClN2O3S/c22-19-8-1-6-18(16-19)7-3-13-24(14-4-9-20-10-5-15-27-20)28(25,26)21-11-2-12-23-17-21/h1-2,5-6,8,10-12,15-17H,3-4,7,9,13-14H2. The number of hydrogen-bond acceptors (Lipinski definition) is 4. The maximum atomic E-state index is 13.1. The maximum Gasteiger partial charge on any atom is 0.244 e. The molecule has 2 aromatic heterocycles. The molecule has 0 atom stereocenters. The number of nitrogens with zero attached hydrogens (tertiary/aromatic N) is 2. The SMILES string of the molecule is O=S(=O)(c1cccnc1)N(CCCc1cccc(Cl)c1)CCCc1ccco1. The number of pyridine rings is 1. The number of halogens is 1. The Bertz CT molecular complexity index is 960. The molecule has 0 bridgehead atoms. The predicted octanol–water partition coefficient (Wildman–Crippen LogP) is 4.58. The molecule has 3 rings (SSSR count). The van der Waals surface area contributed by atoms with Gasteiger partial charge in [0.15, 0.2) is 0 Å². The highest BCUT2D eigenvalue weighted by atomic mass is 35.5. The third-order valence-electron chi connectivity index (χ3n) is 4.44. The van der Waals surface area contributed by atoms with Crippen LogP contribution in [-0.4, -0.2) is 30.8 Å². The molecule has 0 radical (unpaired) electrons. The van der Waals surface area contributed by atoms with Crippen molar-refractivity contribution in [1.29, 1.82) is 0 Å². The van der Waals surface area contributed by atoms with Crippen LogP contribution in [0.1, 0.15) is 24.2 Å². The number of rotatable bonds is 10. The van der Waals surface area contributed by atoms with Gasteiger partial charge in [0.05, 0.1) is 6.26 Å². The van der Waals surface area contributed by atoms with E-state index in [9.17, 15) is 8.42 Å². The molecule has 148 valence electrons. The van der Waals surface area contributed by atoms with Crippen LogP contribution in [0.25, 0.3) is 0 Å².